The van der Waals surface area contributed by atoms with Crippen LogP contribution in [0.25, 0.3) is 0 Å². The quantitative estimate of drug-likeness (QED) is 0.721. The molecule has 0 radical (unpaired) electrons. The number of aryl methyl sites for hydroxylation is 1. The Bertz CT molecular complexity index is 860. The summed E-state index contributed by atoms with van der Waals surface area (Å²) in [6.45, 7) is 4.37. The number of carbonyl (C=O) groups is 1. The molecule has 0 aliphatic rings. The zero-order valence-electron chi connectivity index (χ0n) is 14.6. The summed E-state index contributed by atoms with van der Waals surface area (Å²) in [4.78, 5) is 12.3. The molecule has 1 N–H and O–H groups in total. The van der Waals surface area contributed by atoms with Crippen molar-refractivity contribution in [1.82, 2.24) is 10.2 Å². The second kappa shape index (κ2) is 8.11. The number of nitrogens with zero attached hydrogens (tertiary/aromatic N) is 2. The SMILES string of the molecule is CCOc1ccc(C(=O)Nc2ccc(Oc3ccc(C)nn3)cc2)cc1. The maximum atomic E-state index is 12.3. The number of benzene rings is 2. The molecule has 0 aliphatic carbocycles. The van der Waals surface area contributed by atoms with Crippen LogP contribution in [0, 0.1) is 6.92 Å². The van der Waals surface area contributed by atoms with Gasteiger partial charge in [-0.2, -0.15) is 5.10 Å². The van der Waals surface area contributed by atoms with E-state index in [0.717, 1.165) is 11.4 Å². The molecule has 6 heteroatoms. The molecule has 0 fully saturated rings. The molecule has 2 aromatic carbocycles. The second-order valence-corrected chi connectivity index (χ2v) is 5.55. The lowest BCUT2D eigenvalue weighted by atomic mass is 10.2. The molecule has 0 saturated heterocycles. The van der Waals surface area contributed by atoms with Crippen LogP contribution in [-0.4, -0.2) is 22.7 Å². The summed E-state index contributed by atoms with van der Waals surface area (Å²) in [6, 6.07) is 17.6. The first-order chi connectivity index (χ1) is 12.6. The van der Waals surface area contributed by atoms with Gasteiger partial charge in [-0.1, -0.05) is 0 Å². The number of anilines is 1. The van der Waals surface area contributed by atoms with Crippen molar-refractivity contribution in [2.24, 2.45) is 0 Å². The first-order valence-corrected chi connectivity index (χ1v) is 8.26. The van der Waals surface area contributed by atoms with Crippen LogP contribution in [-0.2, 0) is 0 Å². The summed E-state index contributed by atoms with van der Waals surface area (Å²) in [6.07, 6.45) is 0. The van der Waals surface area contributed by atoms with E-state index in [1.807, 2.05) is 19.9 Å². The normalized spacial score (nSPS) is 10.2. The van der Waals surface area contributed by atoms with E-state index in [2.05, 4.69) is 15.5 Å². The summed E-state index contributed by atoms with van der Waals surface area (Å²) >= 11 is 0. The van der Waals surface area contributed by atoms with E-state index < -0.39 is 0 Å². The standard InChI is InChI=1S/C20H19N3O3/c1-3-25-17-9-5-15(6-10-17)20(24)21-16-7-11-18(12-8-16)26-19-13-4-14(2)22-23-19/h4-13H,3H2,1-2H3,(H,21,24). The third-order valence-corrected chi connectivity index (χ3v) is 3.54. The fourth-order valence-electron chi connectivity index (χ4n) is 2.24. The Kier molecular flexibility index (Phi) is 5.43. The van der Waals surface area contributed by atoms with Gasteiger partial charge in [-0.15, -0.1) is 5.10 Å². The molecular formula is C20H19N3O3. The highest BCUT2D eigenvalue weighted by molar-refractivity contribution is 6.04. The van der Waals surface area contributed by atoms with Gasteiger partial charge in [0.1, 0.15) is 11.5 Å². The number of rotatable bonds is 6. The van der Waals surface area contributed by atoms with E-state index in [4.69, 9.17) is 9.47 Å². The lowest BCUT2D eigenvalue weighted by Gasteiger charge is -2.08. The molecule has 0 spiro atoms. The largest absolute Gasteiger partial charge is 0.494 e. The van der Waals surface area contributed by atoms with Crippen molar-refractivity contribution in [3.05, 3.63) is 71.9 Å². The number of carbonyl (C=O) groups excluding carboxylic acids is 1. The number of hydrogen-bond donors (Lipinski definition) is 1. The summed E-state index contributed by atoms with van der Waals surface area (Å²) in [7, 11) is 0. The van der Waals surface area contributed by atoms with Gasteiger partial charge in [0.05, 0.1) is 12.3 Å². The van der Waals surface area contributed by atoms with Crippen LogP contribution in [0.1, 0.15) is 23.0 Å². The molecule has 132 valence electrons. The number of nitrogens with one attached hydrogen (secondary N) is 1. The zero-order valence-corrected chi connectivity index (χ0v) is 14.6. The van der Waals surface area contributed by atoms with E-state index >= 15 is 0 Å². The van der Waals surface area contributed by atoms with Crippen LogP contribution in [0.4, 0.5) is 5.69 Å². The van der Waals surface area contributed by atoms with Crippen LogP contribution in [0.2, 0.25) is 0 Å². The van der Waals surface area contributed by atoms with E-state index in [0.29, 0.717) is 29.5 Å². The average Bonchev–Trinajstić information content (AvgIpc) is 2.66. The van der Waals surface area contributed by atoms with E-state index in [-0.39, 0.29) is 5.91 Å². The van der Waals surface area contributed by atoms with Crippen LogP contribution in [0.15, 0.2) is 60.7 Å². The van der Waals surface area contributed by atoms with Crippen LogP contribution >= 0.6 is 0 Å². The van der Waals surface area contributed by atoms with Gasteiger partial charge < -0.3 is 14.8 Å². The van der Waals surface area contributed by atoms with Crippen LogP contribution in [0.5, 0.6) is 17.4 Å². The fourth-order valence-corrected chi connectivity index (χ4v) is 2.24. The maximum absolute atomic E-state index is 12.3. The Balaban J connectivity index is 1.61. The predicted octanol–water partition coefficient (Wildman–Crippen LogP) is 4.23. The molecular weight excluding hydrogens is 330 g/mol. The number of aromatic nitrogens is 2. The minimum Gasteiger partial charge on any atom is -0.494 e. The fraction of sp³-hybridized carbons (Fsp3) is 0.150. The topological polar surface area (TPSA) is 73.3 Å². The molecule has 0 unspecified atom stereocenters. The molecule has 0 atom stereocenters. The van der Waals surface area contributed by atoms with Gasteiger partial charge in [-0.25, -0.2) is 0 Å². The Labute approximate surface area is 151 Å². The van der Waals surface area contributed by atoms with E-state index in [9.17, 15) is 4.79 Å². The minimum absolute atomic E-state index is 0.189. The van der Waals surface area contributed by atoms with Crippen molar-refractivity contribution >= 4 is 11.6 Å². The Morgan fingerprint density at radius 3 is 2.23 bits per heavy atom. The number of hydrogen-bond acceptors (Lipinski definition) is 5. The maximum Gasteiger partial charge on any atom is 0.255 e. The Morgan fingerprint density at radius 1 is 0.923 bits per heavy atom. The molecule has 26 heavy (non-hydrogen) atoms. The number of ether oxygens (including phenoxy) is 2. The van der Waals surface area contributed by atoms with Gasteiger partial charge in [-0.05, 0) is 68.4 Å². The van der Waals surface area contributed by atoms with Crippen molar-refractivity contribution in [1.29, 1.82) is 0 Å². The van der Waals surface area contributed by atoms with Gasteiger partial charge in [0.15, 0.2) is 0 Å². The number of amides is 1. The van der Waals surface area contributed by atoms with Gasteiger partial charge in [0.2, 0.25) is 5.88 Å². The van der Waals surface area contributed by atoms with E-state index in [1.165, 1.54) is 0 Å². The minimum atomic E-state index is -0.189. The molecule has 1 amide bonds. The summed E-state index contributed by atoms with van der Waals surface area (Å²) in [5.74, 6) is 1.58. The summed E-state index contributed by atoms with van der Waals surface area (Å²) < 4.78 is 11.0. The van der Waals surface area contributed by atoms with Gasteiger partial charge >= 0.3 is 0 Å². The monoisotopic (exact) mass is 349 g/mol. The van der Waals surface area contributed by atoms with Crippen LogP contribution < -0.4 is 14.8 Å². The van der Waals surface area contributed by atoms with Gasteiger partial charge in [-0.3, -0.25) is 4.79 Å². The molecule has 0 aliphatic heterocycles. The molecule has 1 aromatic heterocycles. The summed E-state index contributed by atoms with van der Waals surface area (Å²) in [5, 5.41) is 10.7. The van der Waals surface area contributed by atoms with Gasteiger partial charge in [0.25, 0.3) is 5.91 Å². The third kappa shape index (κ3) is 4.57. The highest BCUT2D eigenvalue weighted by Crippen LogP contribution is 2.21. The van der Waals surface area contributed by atoms with Crippen molar-refractivity contribution in [3.8, 4) is 17.4 Å². The smallest absolute Gasteiger partial charge is 0.255 e. The van der Waals surface area contributed by atoms with Crippen molar-refractivity contribution in [2.75, 3.05) is 11.9 Å². The molecule has 1 heterocycles. The molecule has 3 rings (SSSR count). The van der Waals surface area contributed by atoms with Crippen molar-refractivity contribution in [3.63, 3.8) is 0 Å². The first kappa shape index (κ1) is 17.4. The van der Waals surface area contributed by atoms with Crippen molar-refractivity contribution < 1.29 is 14.3 Å². The average molecular weight is 349 g/mol. The third-order valence-electron chi connectivity index (χ3n) is 3.54. The zero-order chi connectivity index (χ0) is 18.4. The lowest BCUT2D eigenvalue weighted by Crippen LogP contribution is -2.11. The Morgan fingerprint density at radius 2 is 1.62 bits per heavy atom. The Hall–Kier alpha value is -3.41. The molecule has 0 bridgehead atoms. The van der Waals surface area contributed by atoms with E-state index in [1.54, 1.807) is 54.6 Å². The molecule has 3 aromatic rings. The highest BCUT2D eigenvalue weighted by Gasteiger charge is 2.07. The predicted molar refractivity (Wildman–Crippen MR) is 98.8 cm³/mol. The lowest BCUT2D eigenvalue weighted by molar-refractivity contribution is 0.102. The van der Waals surface area contributed by atoms with Crippen LogP contribution in [0.3, 0.4) is 0 Å². The second-order valence-electron chi connectivity index (χ2n) is 5.55. The summed E-state index contributed by atoms with van der Waals surface area (Å²) in [5.41, 5.74) is 2.06. The highest BCUT2D eigenvalue weighted by atomic mass is 16.5. The first-order valence-electron chi connectivity index (χ1n) is 8.26. The van der Waals surface area contributed by atoms with Gasteiger partial charge in [0, 0.05) is 17.3 Å². The van der Waals surface area contributed by atoms with Crippen molar-refractivity contribution in [2.45, 2.75) is 13.8 Å². The molecule has 6 nitrogen and oxygen atoms in total. The molecule has 0 saturated carbocycles.